The molecule has 1 heterocycles. The van der Waals surface area contributed by atoms with Crippen LogP contribution < -0.4 is 21.9 Å². The van der Waals surface area contributed by atoms with E-state index in [1.807, 2.05) is 48.5 Å². The number of fused-ring (bicyclic) bond motifs is 1. The van der Waals surface area contributed by atoms with Crippen LogP contribution in [0.4, 0.5) is 5.69 Å². The molecular formula is C35H49N5O7. The average molecular weight is 652 g/mol. The zero-order valence-corrected chi connectivity index (χ0v) is 27.0. The van der Waals surface area contributed by atoms with E-state index in [4.69, 9.17) is 32.2 Å². The molecule has 0 spiro atoms. The fourth-order valence-corrected chi connectivity index (χ4v) is 6.06. The predicted molar refractivity (Wildman–Crippen MR) is 179 cm³/mol. The minimum absolute atomic E-state index is 0.0713. The number of ether oxygens (including phenoxy) is 1. The number of carboxylic acids is 2. The molecule has 256 valence electrons. The number of amides is 2. The number of primary amides is 2. The average Bonchev–Trinajstić information content (AvgIpc) is 3.06. The number of aliphatic carboxylic acids is 2. The number of carbonyl (C=O) groups is 4. The minimum atomic E-state index is -0.934. The van der Waals surface area contributed by atoms with Crippen LogP contribution in [-0.4, -0.2) is 50.9 Å². The van der Waals surface area contributed by atoms with Crippen LogP contribution in [0.2, 0.25) is 0 Å². The third-order valence-electron chi connectivity index (χ3n) is 8.74. The van der Waals surface area contributed by atoms with Crippen molar-refractivity contribution in [2.75, 3.05) is 0 Å². The first-order valence-electron chi connectivity index (χ1n) is 16.5. The van der Waals surface area contributed by atoms with Gasteiger partial charge in [0.15, 0.2) is 5.96 Å². The summed E-state index contributed by atoms with van der Waals surface area (Å²) in [5.41, 5.74) is 18.0. The fourth-order valence-electron chi connectivity index (χ4n) is 6.06. The van der Waals surface area contributed by atoms with Crippen LogP contribution >= 0.6 is 0 Å². The fraction of sp³-hybridized carbons (Fsp3) is 0.514. The summed E-state index contributed by atoms with van der Waals surface area (Å²) in [4.78, 5) is 49.4. The third kappa shape index (κ3) is 13.0. The molecule has 2 aromatic carbocycles. The molecule has 5 rings (SSSR count). The Kier molecular flexibility index (Phi) is 15.0. The summed E-state index contributed by atoms with van der Waals surface area (Å²) in [5, 5.41) is 18.1. The van der Waals surface area contributed by atoms with Gasteiger partial charge in [0.2, 0.25) is 11.8 Å². The standard InChI is InChI=1S/C21H23N3O5.2C7H13NO/c22-21-23-18-9-8-17(29-16-4-2-1-3-5-16)12-14(18)13-24(21)15(6-10-19(25)26)7-11-20(27)28;2*8-7(9)6-4-2-1-3-5-6/h1-5,8-9,12,15H,6-7,10-11,13H2,(H2,22,23)(H,25,26)(H,27,28);2*6H,1-5H2,(H2,8,9). The van der Waals surface area contributed by atoms with Crippen molar-refractivity contribution < 1.29 is 34.1 Å². The van der Waals surface area contributed by atoms with E-state index in [-0.39, 0.29) is 61.3 Å². The Morgan fingerprint density at radius 2 is 1.28 bits per heavy atom. The van der Waals surface area contributed by atoms with Gasteiger partial charge in [-0.2, -0.15) is 0 Å². The number of nitrogens with zero attached hydrogens (tertiary/aromatic N) is 2. The number of benzene rings is 2. The van der Waals surface area contributed by atoms with E-state index in [0.29, 0.717) is 18.0 Å². The predicted octanol–water partition coefficient (Wildman–Crippen LogP) is 5.44. The first-order valence-corrected chi connectivity index (χ1v) is 16.5. The summed E-state index contributed by atoms with van der Waals surface area (Å²) >= 11 is 0. The normalized spacial score (nSPS) is 16.4. The van der Waals surface area contributed by atoms with Crippen molar-refractivity contribution in [3.63, 3.8) is 0 Å². The van der Waals surface area contributed by atoms with Crippen molar-refractivity contribution in [1.29, 1.82) is 0 Å². The van der Waals surface area contributed by atoms with E-state index in [1.54, 1.807) is 4.90 Å². The smallest absolute Gasteiger partial charge is 0.303 e. The van der Waals surface area contributed by atoms with Gasteiger partial charge in [-0.3, -0.25) is 19.2 Å². The first kappa shape index (κ1) is 36.9. The lowest BCUT2D eigenvalue weighted by atomic mass is 9.89. The second-order valence-corrected chi connectivity index (χ2v) is 12.3. The maximum atomic E-state index is 11.0. The minimum Gasteiger partial charge on any atom is -0.481 e. The van der Waals surface area contributed by atoms with Crippen LogP contribution in [0.15, 0.2) is 53.5 Å². The van der Waals surface area contributed by atoms with Crippen molar-refractivity contribution in [2.45, 2.75) is 102 Å². The van der Waals surface area contributed by atoms with Crippen LogP contribution in [0.25, 0.3) is 0 Å². The van der Waals surface area contributed by atoms with Gasteiger partial charge in [0.25, 0.3) is 0 Å². The lowest BCUT2D eigenvalue weighted by molar-refractivity contribution is -0.137. The molecule has 0 aromatic heterocycles. The van der Waals surface area contributed by atoms with E-state index in [0.717, 1.165) is 36.9 Å². The van der Waals surface area contributed by atoms with Crippen LogP contribution in [-0.2, 0) is 25.7 Å². The molecular weight excluding hydrogens is 602 g/mol. The zero-order valence-electron chi connectivity index (χ0n) is 27.0. The number of carbonyl (C=O) groups excluding carboxylic acids is 2. The molecule has 12 heteroatoms. The molecule has 47 heavy (non-hydrogen) atoms. The quantitative estimate of drug-likeness (QED) is 0.209. The van der Waals surface area contributed by atoms with Crippen LogP contribution in [0.1, 0.15) is 95.5 Å². The van der Waals surface area contributed by atoms with E-state index in [9.17, 15) is 19.2 Å². The van der Waals surface area contributed by atoms with Gasteiger partial charge in [0.05, 0.1) is 5.69 Å². The molecule has 2 aromatic rings. The summed E-state index contributed by atoms with van der Waals surface area (Å²) in [7, 11) is 0. The number of hydrogen-bond acceptors (Lipinski definition) is 8. The summed E-state index contributed by atoms with van der Waals surface area (Å²) in [6, 6.07) is 14.6. The second-order valence-electron chi connectivity index (χ2n) is 12.3. The highest BCUT2D eigenvalue weighted by Crippen LogP contribution is 2.33. The molecule has 2 fully saturated rings. The number of para-hydroxylation sites is 1. The van der Waals surface area contributed by atoms with Gasteiger partial charge < -0.3 is 37.1 Å². The van der Waals surface area contributed by atoms with Crippen molar-refractivity contribution in [3.05, 3.63) is 54.1 Å². The molecule has 0 atom stereocenters. The maximum absolute atomic E-state index is 11.0. The molecule has 12 nitrogen and oxygen atoms in total. The Morgan fingerprint density at radius 1 is 0.766 bits per heavy atom. The van der Waals surface area contributed by atoms with Crippen molar-refractivity contribution >= 4 is 35.4 Å². The summed E-state index contributed by atoms with van der Waals surface area (Å²) in [5.74, 6) is -0.0624. The van der Waals surface area contributed by atoms with Crippen LogP contribution in [0, 0.1) is 11.8 Å². The number of aliphatic imine (C=N–C) groups is 1. The molecule has 2 amide bonds. The summed E-state index contributed by atoms with van der Waals surface area (Å²) in [6.45, 7) is 0.403. The highest BCUT2D eigenvalue weighted by molar-refractivity contribution is 5.84. The van der Waals surface area contributed by atoms with Gasteiger partial charge in [-0.15, -0.1) is 0 Å². The van der Waals surface area contributed by atoms with E-state index < -0.39 is 11.9 Å². The summed E-state index contributed by atoms with van der Waals surface area (Å²) < 4.78 is 5.87. The number of hydrogen-bond donors (Lipinski definition) is 5. The molecule has 8 N–H and O–H groups in total. The SMILES string of the molecule is NC(=O)C1CCCCC1.NC(=O)C1CCCCC1.NC1=Nc2ccc(Oc3ccccc3)cc2CN1C(CCC(=O)O)CCC(=O)O. The van der Waals surface area contributed by atoms with Gasteiger partial charge in [0.1, 0.15) is 11.5 Å². The van der Waals surface area contributed by atoms with Crippen molar-refractivity contribution in [2.24, 2.45) is 34.0 Å². The highest BCUT2D eigenvalue weighted by atomic mass is 16.5. The van der Waals surface area contributed by atoms with Gasteiger partial charge in [-0.1, -0.05) is 56.7 Å². The molecule has 0 unspecified atom stereocenters. The van der Waals surface area contributed by atoms with Gasteiger partial charge in [0, 0.05) is 42.8 Å². The molecule has 0 bridgehead atoms. The Morgan fingerprint density at radius 3 is 1.72 bits per heavy atom. The largest absolute Gasteiger partial charge is 0.481 e. The van der Waals surface area contributed by atoms with Crippen molar-refractivity contribution in [1.82, 2.24) is 4.90 Å². The van der Waals surface area contributed by atoms with Gasteiger partial charge in [-0.25, -0.2) is 4.99 Å². The first-order chi connectivity index (χ1) is 22.5. The van der Waals surface area contributed by atoms with E-state index in [2.05, 4.69) is 4.99 Å². The topological polar surface area (TPSA) is 212 Å². The highest BCUT2D eigenvalue weighted by Gasteiger charge is 2.27. The Balaban J connectivity index is 0.000000269. The Labute approximate surface area is 276 Å². The number of nitrogens with two attached hydrogens (primary N) is 3. The number of rotatable bonds is 11. The van der Waals surface area contributed by atoms with Crippen LogP contribution in [0.5, 0.6) is 11.5 Å². The molecule has 1 aliphatic heterocycles. The lowest BCUT2D eigenvalue weighted by Crippen LogP contribution is -2.46. The lowest BCUT2D eigenvalue weighted by Gasteiger charge is -2.35. The van der Waals surface area contributed by atoms with E-state index in [1.165, 1.54) is 38.5 Å². The maximum Gasteiger partial charge on any atom is 0.303 e. The molecule has 3 aliphatic rings. The third-order valence-corrected chi connectivity index (χ3v) is 8.74. The second kappa shape index (κ2) is 19.1. The summed E-state index contributed by atoms with van der Waals surface area (Å²) in [6.07, 6.45) is 11.8. The Hall–Kier alpha value is -4.61. The van der Waals surface area contributed by atoms with Crippen LogP contribution in [0.3, 0.4) is 0 Å². The van der Waals surface area contributed by atoms with Gasteiger partial charge >= 0.3 is 11.9 Å². The monoisotopic (exact) mass is 651 g/mol. The molecule has 0 radical (unpaired) electrons. The Bertz CT molecular complexity index is 1310. The molecule has 2 aliphatic carbocycles. The number of guanidine groups is 1. The number of carboxylic acid groups (broad SMARTS) is 2. The van der Waals surface area contributed by atoms with Crippen molar-refractivity contribution in [3.8, 4) is 11.5 Å². The molecule has 2 saturated carbocycles. The van der Waals surface area contributed by atoms with Gasteiger partial charge in [-0.05, 0) is 68.9 Å². The zero-order chi connectivity index (χ0) is 34.2. The van der Waals surface area contributed by atoms with E-state index >= 15 is 0 Å². The molecule has 0 saturated heterocycles.